The highest BCUT2D eigenvalue weighted by Gasteiger charge is 2.25. The lowest BCUT2D eigenvalue weighted by Crippen LogP contribution is -2.39. The fraction of sp³-hybridized carbons (Fsp3) is 0.909. The van der Waals surface area contributed by atoms with E-state index < -0.39 is 0 Å². The van der Waals surface area contributed by atoms with Crippen LogP contribution in [0, 0.1) is 5.92 Å². The fourth-order valence-corrected chi connectivity index (χ4v) is 1.87. The van der Waals surface area contributed by atoms with Crippen LogP contribution in [-0.2, 0) is 4.74 Å². The van der Waals surface area contributed by atoms with Gasteiger partial charge in [-0.3, -0.25) is 0 Å². The predicted octanol–water partition coefficient (Wildman–Crippen LogP) is 1.46. The molecule has 0 aromatic heterocycles. The minimum Gasteiger partial charge on any atom is -0.384 e. The van der Waals surface area contributed by atoms with E-state index in [-0.39, 0.29) is 6.03 Å². The topological polar surface area (TPSA) is 41.6 Å². The maximum atomic E-state index is 11.6. The van der Waals surface area contributed by atoms with Crippen molar-refractivity contribution in [2.75, 3.05) is 33.4 Å². The lowest BCUT2D eigenvalue weighted by atomic mass is 10.1. The number of nitrogens with zero attached hydrogens (tertiary/aromatic N) is 1. The zero-order valence-corrected chi connectivity index (χ0v) is 9.79. The molecule has 0 bridgehead atoms. The number of hydrogen-bond acceptors (Lipinski definition) is 2. The Kier molecular flexibility index (Phi) is 5.47. The number of nitrogens with one attached hydrogen (secondary N) is 1. The van der Waals surface area contributed by atoms with E-state index in [0.29, 0.717) is 5.92 Å². The number of carbonyl (C=O) groups excluding carboxylic acids is 1. The van der Waals surface area contributed by atoms with Crippen LogP contribution < -0.4 is 5.32 Å². The maximum absolute atomic E-state index is 11.6. The highest BCUT2D eigenvalue weighted by Crippen LogP contribution is 2.15. The van der Waals surface area contributed by atoms with Crippen molar-refractivity contribution in [3.63, 3.8) is 0 Å². The van der Waals surface area contributed by atoms with Gasteiger partial charge in [0, 0.05) is 32.7 Å². The highest BCUT2D eigenvalue weighted by molar-refractivity contribution is 5.74. The van der Waals surface area contributed by atoms with Gasteiger partial charge in [-0.1, -0.05) is 13.3 Å². The summed E-state index contributed by atoms with van der Waals surface area (Å²) in [6, 6.07) is 0.0852. The number of likely N-dealkylation sites (tertiary alicyclic amines) is 1. The van der Waals surface area contributed by atoms with Crippen molar-refractivity contribution in [1.29, 1.82) is 0 Å². The van der Waals surface area contributed by atoms with E-state index in [1.807, 2.05) is 4.90 Å². The molecule has 1 heterocycles. The Morgan fingerprint density at radius 2 is 2.40 bits per heavy atom. The van der Waals surface area contributed by atoms with Gasteiger partial charge in [0.2, 0.25) is 0 Å². The lowest BCUT2D eigenvalue weighted by Gasteiger charge is -2.17. The standard InChI is InChI=1S/C11H22N2O2/c1-3-4-6-12-11(14)13-7-5-10(8-13)9-15-2/h10H,3-9H2,1-2H3,(H,12,14). The van der Waals surface area contributed by atoms with E-state index in [1.165, 1.54) is 0 Å². The van der Waals surface area contributed by atoms with Crippen LogP contribution in [0.4, 0.5) is 4.79 Å². The summed E-state index contributed by atoms with van der Waals surface area (Å²) in [5.74, 6) is 0.520. The molecule has 4 heteroatoms. The minimum absolute atomic E-state index is 0.0852. The molecule has 1 N–H and O–H groups in total. The van der Waals surface area contributed by atoms with Crippen molar-refractivity contribution in [2.24, 2.45) is 5.92 Å². The van der Waals surface area contributed by atoms with Crippen LogP contribution in [0.3, 0.4) is 0 Å². The molecule has 0 spiro atoms. The average Bonchev–Trinajstić information content (AvgIpc) is 2.67. The van der Waals surface area contributed by atoms with E-state index in [4.69, 9.17) is 4.74 Å². The van der Waals surface area contributed by atoms with Gasteiger partial charge in [0.05, 0.1) is 6.61 Å². The zero-order valence-electron chi connectivity index (χ0n) is 9.79. The Morgan fingerprint density at radius 1 is 1.60 bits per heavy atom. The molecular formula is C11H22N2O2. The van der Waals surface area contributed by atoms with Crippen molar-refractivity contribution >= 4 is 6.03 Å². The van der Waals surface area contributed by atoms with E-state index in [1.54, 1.807) is 7.11 Å². The smallest absolute Gasteiger partial charge is 0.317 e. The van der Waals surface area contributed by atoms with Gasteiger partial charge in [0.1, 0.15) is 0 Å². The third kappa shape index (κ3) is 4.08. The van der Waals surface area contributed by atoms with E-state index in [2.05, 4.69) is 12.2 Å². The van der Waals surface area contributed by atoms with Crippen LogP contribution in [0.5, 0.6) is 0 Å². The molecule has 1 unspecified atom stereocenters. The second-order valence-corrected chi connectivity index (χ2v) is 4.14. The summed E-state index contributed by atoms with van der Waals surface area (Å²) in [7, 11) is 1.71. The Labute approximate surface area is 92.0 Å². The second kappa shape index (κ2) is 6.67. The van der Waals surface area contributed by atoms with Gasteiger partial charge in [-0.25, -0.2) is 4.79 Å². The minimum atomic E-state index is 0.0852. The van der Waals surface area contributed by atoms with Gasteiger partial charge in [0.15, 0.2) is 0 Å². The van der Waals surface area contributed by atoms with Crippen molar-refractivity contribution in [1.82, 2.24) is 10.2 Å². The fourth-order valence-electron chi connectivity index (χ4n) is 1.87. The van der Waals surface area contributed by atoms with E-state index in [0.717, 1.165) is 45.5 Å². The third-order valence-electron chi connectivity index (χ3n) is 2.78. The number of hydrogen-bond donors (Lipinski definition) is 1. The Balaban J connectivity index is 2.18. The normalized spacial score (nSPS) is 20.7. The summed E-state index contributed by atoms with van der Waals surface area (Å²) >= 11 is 0. The van der Waals surface area contributed by atoms with Crippen LogP contribution in [0.1, 0.15) is 26.2 Å². The molecule has 1 aliphatic rings. The molecule has 1 saturated heterocycles. The summed E-state index contributed by atoms with van der Waals surface area (Å²) < 4.78 is 5.09. The molecule has 0 aliphatic carbocycles. The molecule has 2 amide bonds. The second-order valence-electron chi connectivity index (χ2n) is 4.14. The van der Waals surface area contributed by atoms with Gasteiger partial charge in [0.25, 0.3) is 0 Å². The summed E-state index contributed by atoms with van der Waals surface area (Å²) in [5, 5.41) is 2.93. The van der Waals surface area contributed by atoms with Crippen molar-refractivity contribution in [2.45, 2.75) is 26.2 Å². The summed E-state index contributed by atoms with van der Waals surface area (Å²) in [4.78, 5) is 13.5. The quantitative estimate of drug-likeness (QED) is 0.704. The molecule has 0 saturated carbocycles. The summed E-state index contributed by atoms with van der Waals surface area (Å²) in [6.45, 7) is 5.38. The van der Waals surface area contributed by atoms with Crippen molar-refractivity contribution in [3.8, 4) is 0 Å². The molecular weight excluding hydrogens is 192 g/mol. The maximum Gasteiger partial charge on any atom is 0.317 e. The number of unbranched alkanes of at least 4 members (excludes halogenated alkanes) is 1. The SMILES string of the molecule is CCCCNC(=O)N1CCC(COC)C1. The van der Waals surface area contributed by atoms with Gasteiger partial charge in [-0.2, -0.15) is 0 Å². The Hall–Kier alpha value is -0.770. The van der Waals surface area contributed by atoms with Crippen molar-refractivity contribution in [3.05, 3.63) is 0 Å². The molecule has 0 aromatic carbocycles. The van der Waals surface area contributed by atoms with Gasteiger partial charge in [-0.05, 0) is 12.8 Å². The highest BCUT2D eigenvalue weighted by atomic mass is 16.5. The number of carbonyl (C=O) groups is 1. The van der Waals surface area contributed by atoms with Crippen LogP contribution in [0.15, 0.2) is 0 Å². The zero-order chi connectivity index (χ0) is 11.1. The molecule has 0 radical (unpaired) electrons. The van der Waals surface area contributed by atoms with Crippen molar-refractivity contribution < 1.29 is 9.53 Å². The molecule has 1 rings (SSSR count). The molecule has 1 aliphatic heterocycles. The first-order valence-electron chi connectivity index (χ1n) is 5.79. The first-order valence-corrected chi connectivity index (χ1v) is 5.79. The molecule has 1 fully saturated rings. The van der Waals surface area contributed by atoms with E-state index >= 15 is 0 Å². The van der Waals surface area contributed by atoms with Crippen LogP contribution in [0.25, 0.3) is 0 Å². The van der Waals surface area contributed by atoms with Gasteiger partial charge >= 0.3 is 6.03 Å². The number of ether oxygens (including phenoxy) is 1. The number of methoxy groups -OCH3 is 1. The van der Waals surface area contributed by atoms with Crippen LogP contribution in [0.2, 0.25) is 0 Å². The number of amides is 2. The molecule has 0 aromatic rings. The predicted molar refractivity (Wildman–Crippen MR) is 59.9 cm³/mol. The van der Waals surface area contributed by atoms with Gasteiger partial charge in [-0.15, -0.1) is 0 Å². The van der Waals surface area contributed by atoms with Crippen LogP contribution >= 0.6 is 0 Å². The lowest BCUT2D eigenvalue weighted by molar-refractivity contribution is 0.153. The summed E-state index contributed by atoms with van der Waals surface area (Å²) in [5.41, 5.74) is 0. The first-order chi connectivity index (χ1) is 7.27. The average molecular weight is 214 g/mol. The molecule has 88 valence electrons. The summed E-state index contributed by atoms with van der Waals surface area (Å²) in [6.07, 6.45) is 3.24. The Morgan fingerprint density at radius 3 is 3.07 bits per heavy atom. The first kappa shape index (κ1) is 12.3. The van der Waals surface area contributed by atoms with Gasteiger partial charge < -0.3 is 15.0 Å². The largest absolute Gasteiger partial charge is 0.384 e. The van der Waals surface area contributed by atoms with Crippen LogP contribution in [-0.4, -0.2) is 44.3 Å². The number of rotatable bonds is 5. The van der Waals surface area contributed by atoms with E-state index in [9.17, 15) is 4.79 Å². The monoisotopic (exact) mass is 214 g/mol. The number of urea groups is 1. The molecule has 4 nitrogen and oxygen atoms in total. The third-order valence-corrected chi connectivity index (χ3v) is 2.78. The Bertz CT molecular complexity index is 197. The molecule has 1 atom stereocenters. The molecule has 15 heavy (non-hydrogen) atoms.